The molecule has 2 rings (SSSR count). The quantitative estimate of drug-likeness (QED) is 0.890. The molecular weight excluding hydrogens is 244 g/mol. The van der Waals surface area contributed by atoms with E-state index < -0.39 is 5.97 Å². The predicted molar refractivity (Wildman–Crippen MR) is 69.7 cm³/mol. The van der Waals surface area contributed by atoms with Gasteiger partial charge in [-0.25, -0.2) is 9.48 Å². The lowest BCUT2D eigenvalue weighted by Crippen LogP contribution is -2.10. The van der Waals surface area contributed by atoms with Crippen LogP contribution in [0.4, 0.5) is 0 Å². The van der Waals surface area contributed by atoms with Crippen LogP contribution in [0.3, 0.4) is 0 Å². The normalized spacial score (nSPS) is 12.3. The van der Waals surface area contributed by atoms with E-state index in [2.05, 4.69) is 29.1 Å². The van der Waals surface area contributed by atoms with Gasteiger partial charge in [0.1, 0.15) is 5.69 Å². The van der Waals surface area contributed by atoms with Crippen molar-refractivity contribution in [2.24, 2.45) is 5.92 Å². The molecule has 1 unspecified atom stereocenters. The highest BCUT2D eigenvalue weighted by Crippen LogP contribution is 2.22. The van der Waals surface area contributed by atoms with Gasteiger partial charge in [0.15, 0.2) is 5.69 Å². The molecule has 1 N–H and O–H groups in total. The van der Waals surface area contributed by atoms with Crippen LogP contribution in [-0.4, -0.2) is 31.1 Å². The minimum atomic E-state index is -1.07. The zero-order valence-electron chi connectivity index (χ0n) is 10.9. The van der Waals surface area contributed by atoms with E-state index in [1.165, 1.54) is 0 Å². The summed E-state index contributed by atoms with van der Waals surface area (Å²) in [6.07, 6.45) is 4.25. The van der Waals surface area contributed by atoms with Crippen molar-refractivity contribution in [2.75, 3.05) is 0 Å². The molecule has 0 spiro atoms. The number of carbonyl (C=O) groups is 1. The highest BCUT2D eigenvalue weighted by atomic mass is 16.4. The number of pyridine rings is 1. The summed E-state index contributed by atoms with van der Waals surface area (Å²) in [5.41, 5.74) is 1.28. The molecule has 0 saturated heterocycles. The Bertz CT molecular complexity index is 565. The lowest BCUT2D eigenvalue weighted by molar-refractivity contribution is 0.0691. The van der Waals surface area contributed by atoms with Crippen molar-refractivity contribution in [2.45, 2.75) is 26.8 Å². The van der Waals surface area contributed by atoms with Crippen LogP contribution in [0.1, 0.15) is 30.8 Å². The second-order valence-electron chi connectivity index (χ2n) is 4.52. The van der Waals surface area contributed by atoms with Crippen molar-refractivity contribution in [1.29, 1.82) is 0 Å². The fraction of sp³-hybridized carbons (Fsp3) is 0.385. The molecule has 0 radical (unpaired) electrons. The summed E-state index contributed by atoms with van der Waals surface area (Å²) in [5.74, 6) is -0.661. The fourth-order valence-corrected chi connectivity index (χ4v) is 1.80. The van der Waals surface area contributed by atoms with E-state index in [4.69, 9.17) is 0 Å². The third-order valence-electron chi connectivity index (χ3n) is 3.07. The SMILES string of the molecule is CCC(C)Cn1nnc(C(=O)O)c1-c1ccncc1. The van der Waals surface area contributed by atoms with Crippen LogP contribution >= 0.6 is 0 Å². The average molecular weight is 260 g/mol. The Morgan fingerprint density at radius 3 is 2.68 bits per heavy atom. The summed E-state index contributed by atoms with van der Waals surface area (Å²) in [7, 11) is 0. The Hall–Kier alpha value is -2.24. The predicted octanol–water partition coefficient (Wildman–Crippen LogP) is 2.08. The first-order valence-corrected chi connectivity index (χ1v) is 6.20. The average Bonchev–Trinajstić information content (AvgIpc) is 2.83. The van der Waals surface area contributed by atoms with Crippen molar-refractivity contribution < 1.29 is 9.90 Å². The minimum Gasteiger partial charge on any atom is -0.476 e. The third kappa shape index (κ3) is 2.78. The molecule has 2 aromatic heterocycles. The van der Waals surface area contributed by atoms with Gasteiger partial charge in [-0.05, 0) is 18.1 Å². The number of nitrogens with zero attached hydrogens (tertiary/aromatic N) is 4. The molecule has 0 aromatic carbocycles. The van der Waals surface area contributed by atoms with Gasteiger partial charge in [-0.15, -0.1) is 5.10 Å². The van der Waals surface area contributed by atoms with Crippen molar-refractivity contribution in [3.05, 3.63) is 30.2 Å². The maximum absolute atomic E-state index is 11.2. The van der Waals surface area contributed by atoms with E-state index in [1.54, 1.807) is 29.2 Å². The fourth-order valence-electron chi connectivity index (χ4n) is 1.80. The van der Waals surface area contributed by atoms with Crippen molar-refractivity contribution in [3.8, 4) is 11.3 Å². The summed E-state index contributed by atoms with van der Waals surface area (Å²) < 4.78 is 1.66. The molecule has 0 fully saturated rings. The van der Waals surface area contributed by atoms with E-state index >= 15 is 0 Å². The number of rotatable bonds is 5. The second-order valence-corrected chi connectivity index (χ2v) is 4.52. The molecule has 100 valence electrons. The largest absolute Gasteiger partial charge is 0.476 e. The van der Waals surface area contributed by atoms with Gasteiger partial charge in [-0.1, -0.05) is 25.5 Å². The van der Waals surface area contributed by atoms with Crippen LogP contribution in [0.15, 0.2) is 24.5 Å². The van der Waals surface area contributed by atoms with Crippen LogP contribution in [-0.2, 0) is 6.54 Å². The number of aromatic nitrogens is 4. The Labute approximate surface area is 111 Å². The molecule has 0 aliphatic rings. The number of carboxylic acids is 1. The van der Waals surface area contributed by atoms with Gasteiger partial charge in [0, 0.05) is 24.5 Å². The highest BCUT2D eigenvalue weighted by molar-refractivity contribution is 5.92. The summed E-state index contributed by atoms with van der Waals surface area (Å²) in [6.45, 7) is 4.83. The molecule has 6 nitrogen and oxygen atoms in total. The number of hydrogen-bond acceptors (Lipinski definition) is 4. The number of aromatic carboxylic acids is 1. The maximum atomic E-state index is 11.2. The summed E-state index contributed by atoms with van der Waals surface area (Å²) in [4.78, 5) is 15.2. The molecular formula is C13H16N4O2. The van der Waals surface area contributed by atoms with Crippen molar-refractivity contribution >= 4 is 5.97 Å². The molecule has 2 heterocycles. The molecule has 0 aliphatic heterocycles. The van der Waals surface area contributed by atoms with Gasteiger partial charge in [-0.3, -0.25) is 4.98 Å². The Balaban J connectivity index is 2.48. The molecule has 6 heteroatoms. The smallest absolute Gasteiger partial charge is 0.358 e. The van der Waals surface area contributed by atoms with Crippen LogP contribution in [0, 0.1) is 5.92 Å². The van der Waals surface area contributed by atoms with Gasteiger partial charge < -0.3 is 5.11 Å². The first kappa shape index (κ1) is 13.2. The molecule has 0 saturated carbocycles. The van der Waals surface area contributed by atoms with Crippen LogP contribution in [0.5, 0.6) is 0 Å². The van der Waals surface area contributed by atoms with Crippen molar-refractivity contribution in [1.82, 2.24) is 20.0 Å². The molecule has 0 bridgehead atoms. The zero-order valence-corrected chi connectivity index (χ0v) is 10.9. The minimum absolute atomic E-state index is 0.0190. The summed E-state index contributed by atoms with van der Waals surface area (Å²) in [5, 5.41) is 16.9. The highest BCUT2D eigenvalue weighted by Gasteiger charge is 2.21. The topological polar surface area (TPSA) is 80.9 Å². The van der Waals surface area contributed by atoms with Gasteiger partial charge in [0.2, 0.25) is 0 Å². The summed E-state index contributed by atoms with van der Waals surface area (Å²) in [6, 6.07) is 3.52. The van der Waals surface area contributed by atoms with Gasteiger partial charge >= 0.3 is 5.97 Å². The number of carboxylic acid groups (broad SMARTS) is 1. The Kier molecular flexibility index (Phi) is 3.89. The molecule has 1 atom stereocenters. The third-order valence-corrected chi connectivity index (χ3v) is 3.07. The molecule has 19 heavy (non-hydrogen) atoms. The van der Waals surface area contributed by atoms with E-state index in [-0.39, 0.29) is 5.69 Å². The van der Waals surface area contributed by atoms with E-state index in [0.717, 1.165) is 12.0 Å². The standard InChI is InChI=1S/C13H16N4O2/c1-3-9(2)8-17-12(10-4-6-14-7-5-10)11(13(18)19)15-16-17/h4-7,9H,3,8H2,1-2H3,(H,18,19). The van der Waals surface area contributed by atoms with E-state index in [9.17, 15) is 9.90 Å². The summed E-state index contributed by atoms with van der Waals surface area (Å²) >= 11 is 0. The monoisotopic (exact) mass is 260 g/mol. The molecule has 2 aromatic rings. The van der Waals surface area contributed by atoms with Gasteiger partial charge in [0.05, 0.1) is 0 Å². The zero-order chi connectivity index (χ0) is 13.8. The maximum Gasteiger partial charge on any atom is 0.358 e. The first-order chi connectivity index (χ1) is 9.13. The first-order valence-electron chi connectivity index (χ1n) is 6.20. The number of hydrogen-bond donors (Lipinski definition) is 1. The van der Waals surface area contributed by atoms with E-state index in [1.807, 2.05) is 0 Å². The van der Waals surface area contributed by atoms with Gasteiger partial charge in [0.25, 0.3) is 0 Å². The molecule has 0 aliphatic carbocycles. The Morgan fingerprint density at radius 1 is 1.42 bits per heavy atom. The molecule has 0 amide bonds. The van der Waals surface area contributed by atoms with Gasteiger partial charge in [-0.2, -0.15) is 0 Å². The second kappa shape index (κ2) is 5.60. The van der Waals surface area contributed by atoms with Crippen LogP contribution in [0.2, 0.25) is 0 Å². The van der Waals surface area contributed by atoms with E-state index in [0.29, 0.717) is 18.2 Å². The lowest BCUT2D eigenvalue weighted by atomic mass is 10.1. The Morgan fingerprint density at radius 2 is 2.11 bits per heavy atom. The lowest BCUT2D eigenvalue weighted by Gasteiger charge is -2.11. The van der Waals surface area contributed by atoms with Crippen molar-refractivity contribution in [3.63, 3.8) is 0 Å². The van der Waals surface area contributed by atoms with Crippen LogP contribution < -0.4 is 0 Å². The van der Waals surface area contributed by atoms with Crippen LogP contribution in [0.25, 0.3) is 11.3 Å².